The van der Waals surface area contributed by atoms with Crippen LogP contribution in [-0.4, -0.2) is 65.8 Å². The predicted octanol–water partition coefficient (Wildman–Crippen LogP) is 1.61. The number of primary amides is 1. The first-order valence-corrected chi connectivity index (χ1v) is 12.6. The number of benzene rings is 1. The first-order chi connectivity index (χ1) is 18.6. The lowest BCUT2D eigenvalue weighted by Gasteiger charge is -2.48. The van der Waals surface area contributed by atoms with Gasteiger partial charge in [-0.05, 0) is 69.4 Å². The molecule has 0 unspecified atom stereocenters. The Morgan fingerprint density at radius 2 is 1.80 bits per heavy atom. The fourth-order valence-corrected chi connectivity index (χ4v) is 6.03. The number of nitrogens with zero attached hydrogens (tertiary/aromatic N) is 1. The van der Waals surface area contributed by atoms with Gasteiger partial charge in [-0.15, -0.1) is 0 Å². The van der Waals surface area contributed by atoms with E-state index in [2.05, 4.69) is 0 Å². The van der Waals surface area contributed by atoms with Gasteiger partial charge in [0.2, 0.25) is 5.78 Å². The first-order valence-electron chi connectivity index (χ1n) is 12.6. The third-order valence-electron chi connectivity index (χ3n) is 7.75. The van der Waals surface area contributed by atoms with E-state index in [4.69, 9.17) is 16.2 Å². The van der Waals surface area contributed by atoms with E-state index in [0.717, 1.165) is 0 Å². The third-order valence-corrected chi connectivity index (χ3v) is 7.75. The number of aliphatic hydroxyl groups excluding tert-OH is 2. The van der Waals surface area contributed by atoms with Gasteiger partial charge in [0.05, 0.1) is 17.3 Å². The largest absolute Gasteiger partial charge is 0.508 e. The van der Waals surface area contributed by atoms with Gasteiger partial charge in [0, 0.05) is 23.3 Å². The zero-order chi connectivity index (χ0) is 29.5. The second-order valence-electron chi connectivity index (χ2n) is 11.3. The Morgan fingerprint density at radius 3 is 2.42 bits per heavy atom. The summed E-state index contributed by atoms with van der Waals surface area (Å²) in [6.45, 7) is 5.17. The average Bonchev–Trinajstić information content (AvgIpc) is 3.33. The number of aromatic nitrogens is 1. The van der Waals surface area contributed by atoms with E-state index in [0.29, 0.717) is 16.8 Å². The van der Waals surface area contributed by atoms with Crippen molar-refractivity contribution < 1.29 is 44.3 Å². The number of phenolic OH excluding ortho intramolecular Hbond substituents is 1. The first kappa shape index (κ1) is 27.2. The summed E-state index contributed by atoms with van der Waals surface area (Å²) in [5.74, 6) is -7.86. The van der Waals surface area contributed by atoms with Crippen LogP contribution in [0.1, 0.15) is 38.3 Å². The lowest BCUT2D eigenvalue weighted by molar-refractivity contribution is -0.149. The van der Waals surface area contributed by atoms with Crippen molar-refractivity contribution in [1.29, 1.82) is 0 Å². The molecule has 1 heterocycles. The molecular formula is C28H29N3O9. The molecule has 2 aromatic rings. The molecule has 0 spiro atoms. The van der Waals surface area contributed by atoms with Crippen molar-refractivity contribution in [2.75, 3.05) is 0 Å². The van der Waals surface area contributed by atoms with Gasteiger partial charge in [-0.3, -0.25) is 19.0 Å². The van der Waals surface area contributed by atoms with Crippen LogP contribution < -0.4 is 11.5 Å². The standard InChI is InChI=1S/C28H29N3O9/c1-27(2,3)40-26(38)31-8-4-5-15(31)12-6-7-16(32)18-13(12)9-11-10-14-20(29)22(34)19(25(30)37)24(36)28(14,39)23(35)17(11)21(18)33/h4-8,11,14,20,32-33,36,39H,9-10,29H2,1-3H3,(H2,30,37)/t11-,14-,20+,28-/m0/s1. The SMILES string of the molecule is CC(C)(C)OC(=O)n1cccc1-c1ccc(O)c2c1C[C@H]1C[C@H]3[C@@H](N)C(=O)C(C(N)=O)=C(O)[C@@]3(O)C(=O)C1=C2O. The van der Waals surface area contributed by atoms with Crippen molar-refractivity contribution in [3.63, 3.8) is 0 Å². The van der Waals surface area contributed by atoms with Crippen LogP contribution in [0.3, 0.4) is 0 Å². The normalized spacial score (nSPS) is 26.3. The molecule has 0 saturated heterocycles. The van der Waals surface area contributed by atoms with Gasteiger partial charge in [-0.1, -0.05) is 0 Å². The predicted molar refractivity (Wildman–Crippen MR) is 140 cm³/mol. The molecular weight excluding hydrogens is 522 g/mol. The average molecular weight is 552 g/mol. The second-order valence-corrected chi connectivity index (χ2v) is 11.3. The van der Waals surface area contributed by atoms with E-state index in [-0.39, 0.29) is 29.7 Å². The lowest BCUT2D eigenvalue weighted by Crippen LogP contribution is -2.65. The van der Waals surface area contributed by atoms with Crippen LogP contribution in [0.15, 0.2) is 47.4 Å². The highest BCUT2D eigenvalue weighted by Crippen LogP contribution is 2.52. The summed E-state index contributed by atoms with van der Waals surface area (Å²) in [5.41, 5.74) is 7.65. The molecule has 1 amide bonds. The molecule has 12 nitrogen and oxygen atoms in total. The number of ether oxygens (including phenoxy) is 1. The van der Waals surface area contributed by atoms with E-state index in [1.54, 1.807) is 39.0 Å². The molecule has 0 aliphatic heterocycles. The summed E-state index contributed by atoms with van der Waals surface area (Å²) in [6, 6.07) is 4.60. The van der Waals surface area contributed by atoms with Crippen molar-refractivity contribution in [3.8, 4) is 17.0 Å². The fourth-order valence-electron chi connectivity index (χ4n) is 6.03. The number of rotatable bonds is 2. The van der Waals surface area contributed by atoms with Crippen molar-refractivity contribution in [2.24, 2.45) is 23.3 Å². The minimum absolute atomic E-state index is 0.0460. The van der Waals surface area contributed by atoms with Crippen LogP contribution in [0, 0.1) is 11.8 Å². The van der Waals surface area contributed by atoms with Gasteiger partial charge in [0.1, 0.15) is 28.4 Å². The Morgan fingerprint density at radius 1 is 1.12 bits per heavy atom. The molecule has 4 atom stereocenters. The van der Waals surface area contributed by atoms with Crippen molar-refractivity contribution >= 4 is 29.3 Å². The van der Waals surface area contributed by atoms with Gasteiger partial charge in [-0.2, -0.15) is 0 Å². The minimum atomic E-state index is -2.78. The molecule has 0 radical (unpaired) electrons. The molecule has 0 bridgehead atoms. The number of hydrogen-bond acceptors (Lipinski definition) is 10. The maximum Gasteiger partial charge on any atom is 0.418 e. The fraction of sp³-hybridized carbons (Fsp3) is 0.357. The number of carbonyl (C=O) groups is 4. The van der Waals surface area contributed by atoms with Gasteiger partial charge < -0.3 is 36.6 Å². The summed E-state index contributed by atoms with van der Waals surface area (Å²) >= 11 is 0. The van der Waals surface area contributed by atoms with E-state index < -0.39 is 69.7 Å². The molecule has 3 aliphatic carbocycles. The summed E-state index contributed by atoms with van der Waals surface area (Å²) in [7, 11) is 0. The Balaban J connectivity index is 1.68. The van der Waals surface area contributed by atoms with Crippen LogP contribution in [0.2, 0.25) is 0 Å². The number of aliphatic hydroxyl groups is 3. The molecule has 5 rings (SSSR count). The molecule has 40 heavy (non-hydrogen) atoms. The number of fused-ring (bicyclic) bond motifs is 3. The number of carbonyl (C=O) groups excluding carboxylic acids is 4. The van der Waals surface area contributed by atoms with E-state index >= 15 is 0 Å². The minimum Gasteiger partial charge on any atom is -0.508 e. The maximum atomic E-state index is 13.7. The number of nitrogens with two attached hydrogens (primary N) is 2. The van der Waals surface area contributed by atoms with E-state index in [1.807, 2.05) is 0 Å². The molecule has 1 aromatic heterocycles. The summed E-state index contributed by atoms with van der Waals surface area (Å²) in [5, 5.41) is 44.3. The Kier molecular flexibility index (Phi) is 5.97. The number of phenols is 1. The van der Waals surface area contributed by atoms with Gasteiger partial charge in [-0.25, -0.2) is 4.79 Å². The number of aromatic hydroxyl groups is 1. The Labute approximate surface area is 228 Å². The number of hydrogen-bond donors (Lipinski definition) is 6. The van der Waals surface area contributed by atoms with Crippen LogP contribution in [0.5, 0.6) is 5.75 Å². The number of amides is 1. The van der Waals surface area contributed by atoms with Gasteiger partial charge in [0.15, 0.2) is 11.4 Å². The molecule has 3 aliphatic rings. The maximum absolute atomic E-state index is 13.7. The summed E-state index contributed by atoms with van der Waals surface area (Å²) < 4.78 is 6.78. The quantitative estimate of drug-likeness (QED) is 0.296. The van der Waals surface area contributed by atoms with Crippen LogP contribution in [-0.2, 0) is 25.5 Å². The molecule has 1 aromatic carbocycles. The molecule has 210 valence electrons. The van der Waals surface area contributed by atoms with Crippen molar-refractivity contribution in [1.82, 2.24) is 4.57 Å². The van der Waals surface area contributed by atoms with E-state index in [9.17, 15) is 39.6 Å². The highest BCUT2D eigenvalue weighted by molar-refractivity contribution is 6.24. The Bertz CT molecular complexity index is 1580. The second kappa shape index (κ2) is 8.80. The highest BCUT2D eigenvalue weighted by atomic mass is 16.6. The zero-order valence-electron chi connectivity index (χ0n) is 22.0. The monoisotopic (exact) mass is 551 g/mol. The smallest absolute Gasteiger partial charge is 0.418 e. The number of Topliss-reactive ketones (excluding diaryl/α,β-unsaturated/α-hetero) is 2. The third kappa shape index (κ3) is 3.74. The van der Waals surface area contributed by atoms with Crippen LogP contribution in [0.4, 0.5) is 4.79 Å². The van der Waals surface area contributed by atoms with Crippen molar-refractivity contribution in [3.05, 3.63) is 58.5 Å². The molecule has 12 heteroatoms. The number of ketones is 2. The molecule has 1 saturated carbocycles. The summed E-state index contributed by atoms with van der Waals surface area (Å²) in [4.78, 5) is 51.3. The van der Waals surface area contributed by atoms with Gasteiger partial charge >= 0.3 is 6.09 Å². The van der Waals surface area contributed by atoms with Crippen molar-refractivity contribution in [2.45, 2.75) is 50.9 Å². The topological polar surface area (TPSA) is 215 Å². The lowest BCUT2D eigenvalue weighted by atomic mass is 9.57. The van der Waals surface area contributed by atoms with Crippen LogP contribution >= 0.6 is 0 Å². The zero-order valence-corrected chi connectivity index (χ0v) is 22.0. The van der Waals surface area contributed by atoms with Crippen LogP contribution in [0.25, 0.3) is 17.0 Å². The van der Waals surface area contributed by atoms with E-state index in [1.165, 1.54) is 16.8 Å². The van der Waals surface area contributed by atoms with Gasteiger partial charge in [0.25, 0.3) is 5.91 Å². The Hall–Kier alpha value is -4.42. The molecule has 8 N–H and O–H groups in total. The summed E-state index contributed by atoms with van der Waals surface area (Å²) in [6.07, 6.45) is 0.772. The molecule has 1 fully saturated rings. The highest BCUT2D eigenvalue weighted by Gasteiger charge is 2.63.